The van der Waals surface area contributed by atoms with Gasteiger partial charge in [-0.05, 0) is 30.3 Å². The lowest BCUT2D eigenvalue weighted by atomic mass is 9.86. The fourth-order valence-electron chi connectivity index (χ4n) is 2.55. The van der Waals surface area contributed by atoms with Crippen molar-refractivity contribution in [3.8, 4) is 17.1 Å². The van der Waals surface area contributed by atoms with Crippen molar-refractivity contribution in [2.45, 2.75) is 12.0 Å². The second kappa shape index (κ2) is 6.18. The van der Waals surface area contributed by atoms with Gasteiger partial charge in [-0.3, -0.25) is 0 Å². The average molecular weight is 348 g/mol. The molecule has 124 valence electrons. The van der Waals surface area contributed by atoms with Crippen LogP contribution in [0, 0.1) is 5.82 Å². The SMILES string of the molecule is COc1nnc(-c2cc(Cl)ccc2F)cc1C1(N)C=CN=C(N)C1. The van der Waals surface area contributed by atoms with E-state index >= 15 is 0 Å². The van der Waals surface area contributed by atoms with Gasteiger partial charge in [-0.25, -0.2) is 9.38 Å². The molecule has 1 aromatic heterocycles. The Bertz CT molecular complexity index is 854. The van der Waals surface area contributed by atoms with Gasteiger partial charge in [0.2, 0.25) is 5.88 Å². The molecule has 2 heterocycles. The van der Waals surface area contributed by atoms with Crippen molar-refractivity contribution in [1.29, 1.82) is 0 Å². The van der Waals surface area contributed by atoms with Crippen molar-refractivity contribution >= 4 is 17.4 Å². The van der Waals surface area contributed by atoms with Crippen LogP contribution in [0.5, 0.6) is 5.88 Å². The Hall–Kier alpha value is -2.51. The lowest BCUT2D eigenvalue weighted by Gasteiger charge is -2.29. The summed E-state index contributed by atoms with van der Waals surface area (Å²) in [5, 5.41) is 8.42. The smallest absolute Gasteiger partial charge is 0.238 e. The zero-order chi connectivity index (χ0) is 17.3. The van der Waals surface area contributed by atoms with Gasteiger partial charge in [0.25, 0.3) is 0 Å². The Morgan fingerprint density at radius 3 is 2.79 bits per heavy atom. The van der Waals surface area contributed by atoms with Gasteiger partial charge in [-0.15, -0.1) is 10.2 Å². The highest BCUT2D eigenvalue weighted by molar-refractivity contribution is 6.30. The van der Waals surface area contributed by atoms with Gasteiger partial charge < -0.3 is 16.2 Å². The van der Waals surface area contributed by atoms with Gasteiger partial charge in [0.05, 0.1) is 18.3 Å². The summed E-state index contributed by atoms with van der Waals surface area (Å²) >= 11 is 5.95. The highest BCUT2D eigenvalue weighted by Crippen LogP contribution is 2.35. The predicted molar refractivity (Wildman–Crippen MR) is 90.2 cm³/mol. The van der Waals surface area contributed by atoms with Gasteiger partial charge in [0.15, 0.2) is 0 Å². The molecular weight excluding hydrogens is 333 g/mol. The van der Waals surface area contributed by atoms with E-state index in [9.17, 15) is 4.39 Å². The molecule has 1 aliphatic rings. The maximum atomic E-state index is 14.1. The molecule has 0 saturated heterocycles. The van der Waals surface area contributed by atoms with E-state index in [0.717, 1.165) is 0 Å². The Morgan fingerprint density at radius 1 is 1.29 bits per heavy atom. The van der Waals surface area contributed by atoms with E-state index < -0.39 is 11.4 Å². The van der Waals surface area contributed by atoms with Crippen LogP contribution in [-0.2, 0) is 5.54 Å². The van der Waals surface area contributed by atoms with E-state index in [2.05, 4.69) is 15.2 Å². The second-order valence-electron chi connectivity index (χ2n) is 5.43. The standard InChI is InChI=1S/C16H15ClFN5O/c1-24-15-11(16(20)4-5-21-14(19)8-16)7-13(22-23-15)10-6-9(17)2-3-12(10)18/h2-7H,8,20H2,1H3,(H2,19,21). The molecule has 4 N–H and O–H groups in total. The third-order valence-electron chi connectivity index (χ3n) is 3.75. The number of nitrogens with zero attached hydrogens (tertiary/aromatic N) is 3. The first-order valence-electron chi connectivity index (χ1n) is 7.09. The van der Waals surface area contributed by atoms with E-state index in [0.29, 0.717) is 22.1 Å². The Labute approximate surface area is 143 Å². The molecule has 0 saturated carbocycles. The van der Waals surface area contributed by atoms with E-state index in [1.165, 1.54) is 31.5 Å². The summed E-state index contributed by atoms with van der Waals surface area (Å²) in [5.41, 5.74) is 12.3. The maximum absolute atomic E-state index is 14.1. The third-order valence-corrected chi connectivity index (χ3v) is 3.98. The number of hydrogen-bond donors (Lipinski definition) is 2. The molecule has 24 heavy (non-hydrogen) atoms. The lowest BCUT2D eigenvalue weighted by molar-refractivity contribution is 0.374. The summed E-state index contributed by atoms with van der Waals surface area (Å²) in [6.45, 7) is 0. The minimum Gasteiger partial charge on any atom is -0.480 e. The monoisotopic (exact) mass is 347 g/mol. The Kier molecular flexibility index (Phi) is 4.21. The quantitative estimate of drug-likeness (QED) is 0.888. The van der Waals surface area contributed by atoms with Gasteiger partial charge in [0.1, 0.15) is 11.7 Å². The Balaban J connectivity index is 2.15. The summed E-state index contributed by atoms with van der Waals surface area (Å²) in [7, 11) is 1.46. The van der Waals surface area contributed by atoms with Crippen molar-refractivity contribution in [2.24, 2.45) is 16.5 Å². The number of nitrogens with two attached hydrogens (primary N) is 2. The molecule has 0 radical (unpaired) electrons. The molecule has 0 fully saturated rings. The molecular formula is C16H15ClFN5O. The highest BCUT2D eigenvalue weighted by Gasteiger charge is 2.32. The number of methoxy groups -OCH3 is 1. The largest absolute Gasteiger partial charge is 0.480 e. The van der Waals surface area contributed by atoms with E-state index in [1.54, 1.807) is 12.1 Å². The number of halogens is 2. The summed E-state index contributed by atoms with van der Waals surface area (Å²) in [5.74, 6) is 0.161. The van der Waals surface area contributed by atoms with E-state index in [4.69, 9.17) is 27.8 Å². The molecule has 1 aliphatic heterocycles. The van der Waals surface area contributed by atoms with Crippen LogP contribution in [0.4, 0.5) is 4.39 Å². The number of hydrogen-bond acceptors (Lipinski definition) is 6. The fourth-order valence-corrected chi connectivity index (χ4v) is 2.72. The van der Waals surface area contributed by atoms with Crippen LogP contribution >= 0.6 is 11.6 Å². The van der Waals surface area contributed by atoms with Crippen molar-refractivity contribution in [1.82, 2.24) is 10.2 Å². The number of ether oxygens (including phenoxy) is 1. The Morgan fingerprint density at radius 2 is 2.08 bits per heavy atom. The zero-order valence-electron chi connectivity index (χ0n) is 12.8. The molecule has 0 bridgehead atoms. The first-order valence-corrected chi connectivity index (χ1v) is 7.47. The van der Waals surface area contributed by atoms with Crippen LogP contribution < -0.4 is 16.2 Å². The number of aromatic nitrogens is 2. The number of amidine groups is 1. The van der Waals surface area contributed by atoms with Crippen molar-refractivity contribution in [2.75, 3.05) is 7.11 Å². The molecule has 3 rings (SSSR count). The van der Waals surface area contributed by atoms with Crippen LogP contribution in [0.3, 0.4) is 0 Å². The predicted octanol–water partition coefficient (Wildman–Crippen LogP) is 2.37. The molecule has 0 aliphatic carbocycles. The fraction of sp³-hybridized carbons (Fsp3) is 0.188. The van der Waals surface area contributed by atoms with Crippen LogP contribution in [0.2, 0.25) is 5.02 Å². The molecule has 8 heteroatoms. The van der Waals surface area contributed by atoms with Gasteiger partial charge in [-0.1, -0.05) is 11.6 Å². The minimum absolute atomic E-state index is 0.226. The highest BCUT2D eigenvalue weighted by atomic mass is 35.5. The summed E-state index contributed by atoms with van der Waals surface area (Å²) in [4.78, 5) is 3.99. The van der Waals surface area contributed by atoms with E-state index in [1.807, 2.05) is 0 Å². The normalized spacial score (nSPS) is 19.9. The topological polar surface area (TPSA) is 99.4 Å². The van der Waals surface area contributed by atoms with Gasteiger partial charge in [-0.2, -0.15) is 0 Å². The van der Waals surface area contributed by atoms with Crippen LogP contribution in [-0.4, -0.2) is 23.1 Å². The minimum atomic E-state index is -0.975. The zero-order valence-corrected chi connectivity index (χ0v) is 13.6. The molecule has 0 spiro atoms. The average Bonchev–Trinajstić information content (AvgIpc) is 2.56. The first kappa shape index (κ1) is 16.4. The third kappa shape index (κ3) is 2.95. The number of rotatable bonds is 3. The van der Waals surface area contributed by atoms with Gasteiger partial charge >= 0.3 is 0 Å². The molecule has 6 nitrogen and oxygen atoms in total. The molecule has 2 aromatic rings. The van der Waals surface area contributed by atoms with Crippen molar-refractivity contribution in [3.63, 3.8) is 0 Å². The molecule has 1 aromatic carbocycles. The first-order chi connectivity index (χ1) is 11.4. The summed E-state index contributed by atoms with van der Waals surface area (Å²) in [6.07, 6.45) is 3.50. The van der Waals surface area contributed by atoms with Crippen molar-refractivity contribution < 1.29 is 9.13 Å². The van der Waals surface area contributed by atoms with Crippen LogP contribution in [0.1, 0.15) is 12.0 Å². The molecule has 1 unspecified atom stereocenters. The summed E-state index contributed by atoms with van der Waals surface area (Å²) in [6, 6.07) is 5.84. The molecule has 1 atom stereocenters. The van der Waals surface area contributed by atoms with E-state index in [-0.39, 0.29) is 17.9 Å². The van der Waals surface area contributed by atoms with Crippen LogP contribution in [0.15, 0.2) is 41.5 Å². The van der Waals surface area contributed by atoms with Gasteiger partial charge in [0, 0.05) is 28.8 Å². The van der Waals surface area contributed by atoms with Crippen LogP contribution in [0.25, 0.3) is 11.3 Å². The van der Waals surface area contributed by atoms with Crippen molar-refractivity contribution in [3.05, 3.63) is 52.9 Å². The lowest BCUT2D eigenvalue weighted by Crippen LogP contribution is -2.41. The summed E-state index contributed by atoms with van der Waals surface area (Å²) < 4.78 is 19.4. The second-order valence-corrected chi connectivity index (χ2v) is 5.87. The molecule has 0 amide bonds. The maximum Gasteiger partial charge on any atom is 0.238 e. The number of aliphatic imine (C=N–C) groups is 1. The number of benzene rings is 1.